The highest BCUT2D eigenvalue weighted by Crippen LogP contribution is 2.28. The third-order valence-corrected chi connectivity index (χ3v) is 3.56. The molecule has 1 nitrogen and oxygen atoms in total. The molecule has 0 radical (unpaired) electrons. The average Bonchev–Trinajstić information content (AvgIpc) is 2.36. The van der Waals surface area contributed by atoms with Gasteiger partial charge in [-0.15, -0.1) is 0 Å². The molecular formula is C17H25N. The lowest BCUT2D eigenvalue weighted by Gasteiger charge is -2.15. The first-order valence-corrected chi connectivity index (χ1v) is 7.17. The maximum absolute atomic E-state index is 9.34. The second-order valence-electron chi connectivity index (χ2n) is 5.27. The molecule has 18 heavy (non-hydrogen) atoms. The molecule has 0 aliphatic heterocycles. The van der Waals surface area contributed by atoms with Crippen LogP contribution < -0.4 is 0 Å². The summed E-state index contributed by atoms with van der Waals surface area (Å²) in [4.78, 5) is 0. The van der Waals surface area contributed by atoms with Gasteiger partial charge in [0.05, 0.1) is 11.6 Å². The topological polar surface area (TPSA) is 23.8 Å². The van der Waals surface area contributed by atoms with Gasteiger partial charge in [-0.2, -0.15) is 5.26 Å². The first kappa shape index (κ1) is 14.8. The lowest BCUT2D eigenvalue weighted by atomic mass is 9.89. The van der Waals surface area contributed by atoms with Crippen molar-refractivity contribution in [2.45, 2.75) is 65.2 Å². The Bertz CT molecular complexity index is 390. The van der Waals surface area contributed by atoms with E-state index in [0.29, 0.717) is 0 Å². The van der Waals surface area contributed by atoms with Crippen LogP contribution in [-0.2, 0) is 0 Å². The number of nitriles is 1. The number of hydrogen-bond donors (Lipinski definition) is 0. The molecule has 0 aromatic rings. The van der Waals surface area contributed by atoms with Gasteiger partial charge in [-0.25, -0.2) is 0 Å². The molecule has 0 fully saturated rings. The van der Waals surface area contributed by atoms with E-state index in [9.17, 15) is 5.26 Å². The molecule has 0 atom stereocenters. The van der Waals surface area contributed by atoms with E-state index >= 15 is 0 Å². The molecule has 0 saturated carbocycles. The van der Waals surface area contributed by atoms with Crippen LogP contribution in [0.4, 0.5) is 0 Å². The molecule has 0 saturated heterocycles. The summed E-state index contributed by atoms with van der Waals surface area (Å²) >= 11 is 0. The van der Waals surface area contributed by atoms with E-state index in [2.05, 4.69) is 32.6 Å². The van der Waals surface area contributed by atoms with E-state index in [-0.39, 0.29) is 0 Å². The Balaban J connectivity index is 2.66. The van der Waals surface area contributed by atoms with E-state index in [1.54, 1.807) is 0 Å². The van der Waals surface area contributed by atoms with Crippen molar-refractivity contribution in [3.05, 3.63) is 34.9 Å². The lowest BCUT2D eigenvalue weighted by molar-refractivity contribution is 0.666. The van der Waals surface area contributed by atoms with E-state index in [0.717, 1.165) is 30.4 Å². The summed E-state index contributed by atoms with van der Waals surface area (Å²) in [5.74, 6) is 0. The molecule has 98 valence electrons. The van der Waals surface area contributed by atoms with Crippen molar-refractivity contribution in [1.29, 1.82) is 5.26 Å². The number of nitrogens with zero attached hydrogens (tertiary/aromatic N) is 1. The largest absolute Gasteiger partial charge is 0.192 e. The molecule has 0 bridgehead atoms. The third-order valence-electron chi connectivity index (χ3n) is 3.56. The summed E-state index contributed by atoms with van der Waals surface area (Å²) in [7, 11) is 0. The highest BCUT2D eigenvalue weighted by molar-refractivity contribution is 5.49. The van der Waals surface area contributed by atoms with Crippen LogP contribution in [0.1, 0.15) is 65.2 Å². The van der Waals surface area contributed by atoms with Crippen molar-refractivity contribution in [2.24, 2.45) is 0 Å². The SMILES string of the molecule is C=C(CCCCCC)/C(C#N)=C1\C=C(C)CCC1. The number of allylic oxidation sites excluding steroid dienone is 5. The third kappa shape index (κ3) is 4.53. The maximum Gasteiger partial charge on any atom is 0.0997 e. The fraction of sp³-hybridized carbons (Fsp3) is 0.588. The zero-order valence-corrected chi connectivity index (χ0v) is 11.9. The van der Waals surface area contributed by atoms with Crippen LogP contribution in [0.15, 0.2) is 34.9 Å². The summed E-state index contributed by atoms with van der Waals surface area (Å²) < 4.78 is 0. The molecule has 0 aromatic heterocycles. The van der Waals surface area contributed by atoms with Crippen molar-refractivity contribution < 1.29 is 0 Å². The first-order valence-electron chi connectivity index (χ1n) is 7.17. The molecule has 0 aromatic carbocycles. The number of hydrogen-bond acceptors (Lipinski definition) is 1. The minimum Gasteiger partial charge on any atom is -0.192 e. The van der Waals surface area contributed by atoms with Crippen LogP contribution in [-0.4, -0.2) is 0 Å². The van der Waals surface area contributed by atoms with Gasteiger partial charge in [0.1, 0.15) is 0 Å². The fourth-order valence-corrected chi connectivity index (χ4v) is 2.46. The van der Waals surface area contributed by atoms with E-state index < -0.39 is 0 Å². The number of rotatable bonds is 6. The molecule has 0 unspecified atom stereocenters. The second-order valence-corrected chi connectivity index (χ2v) is 5.27. The van der Waals surface area contributed by atoms with Crippen LogP contribution in [0, 0.1) is 11.3 Å². The molecule has 0 spiro atoms. The van der Waals surface area contributed by atoms with Crippen molar-refractivity contribution in [3.63, 3.8) is 0 Å². The summed E-state index contributed by atoms with van der Waals surface area (Å²) in [6, 6.07) is 2.37. The van der Waals surface area contributed by atoms with Gasteiger partial charge in [-0.1, -0.05) is 44.4 Å². The smallest absolute Gasteiger partial charge is 0.0997 e. The van der Waals surface area contributed by atoms with E-state index in [4.69, 9.17) is 0 Å². The first-order chi connectivity index (χ1) is 8.69. The van der Waals surface area contributed by atoms with Gasteiger partial charge in [0.25, 0.3) is 0 Å². The van der Waals surface area contributed by atoms with Crippen molar-refractivity contribution in [1.82, 2.24) is 0 Å². The number of unbranched alkanes of at least 4 members (excludes halogenated alkanes) is 3. The summed E-state index contributed by atoms with van der Waals surface area (Å²) in [6.45, 7) is 8.48. The monoisotopic (exact) mass is 243 g/mol. The summed E-state index contributed by atoms with van der Waals surface area (Å²) in [5.41, 5.74) is 4.49. The van der Waals surface area contributed by atoms with Gasteiger partial charge in [0, 0.05) is 0 Å². The molecule has 1 aliphatic rings. The van der Waals surface area contributed by atoms with Crippen LogP contribution in [0.2, 0.25) is 0 Å². The Labute approximate surface area is 112 Å². The van der Waals surface area contributed by atoms with Crippen LogP contribution >= 0.6 is 0 Å². The molecule has 0 heterocycles. The zero-order valence-electron chi connectivity index (χ0n) is 11.9. The Hall–Kier alpha value is -1.29. The Kier molecular flexibility index (Phi) is 6.50. The summed E-state index contributed by atoms with van der Waals surface area (Å²) in [5, 5.41) is 9.34. The van der Waals surface area contributed by atoms with Gasteiger partial charge >= 0.3 is 0 Å². The van der Waals surface area contributed by atoms with Crippen molar-refractivity contribution in [2.75, 3.05) is 0 Å². The Morgan fingerprint density at radius 1 is 1.33 bits per heavy atom. The fourth-order valence-electron chi connectivity index (χ4n) is 2.46. The molecule has 1 aliphatic carbocycles. The van der Waals surface area contributed by atoms with E-state index in [1.807, 2.05) is 0 Å². The van der Waals surface area contributed by atoms with Gasteiger partial charge in [0.15, 0.2) is 0 Å². The highest BCUT2D eigenvalue weighted by atomic mass is 14.3. The van der Waals surface area contributed by atoms with Gasteiger partial charge in [-0.05, 0) is 50.2 Å². The minimum atomic E-state index is 0.852. The van der Waals surface area contributed by atoms with Crippen LogP contribution in [0.3, 0.4) is 0 Å². The van der Waals surface area contributed by atoms with Gasteiger partial charge in [-0.3, -0.25) is 0 Å². The molecule has 1 rings (SSSR count). The summed E-state index contributed by atoms with van der Waals surface area (Å²) in [6.07, 6.45) is 11.5. The quantitative estimate of drug-likeness (QED) is 0.448. The Morgan fingerprint density at radius 2 is 2.11 bits per heavy atom. The van der Waals surface area contributed by atoms with Crippen LogP contribution in [0.25, 0.3) is 0 Å². The Morgan fingerprint density at radius 3 is 2.72 bits per heavy atom. The highest BCUT2D eigenvalue weighted by Gasteiger charge is 2.12. The normalized spacial score (nSPS) is 17.9. The van der Waals surface area contributed by atoms with Crippen LogP contribution in [0.5, 0.6) is 0 Å². The minimum absolute atomic E-state index is 0.852. The zero-order chi connectivity index (χ0) is 13.4. The molecule has 0 N–H and O–H groups in total. The molecule has 1 heteroatoms. The average molecular weight is 243 g/mol. The predicted octanol–water partition coefficient (Wildman–Crippen LogP) is 5.46. The second kappa shape index (κ2) is 7.93. The molecular weight excluding hydrogens is 218 g/mol. The molecule has 0 amide bonds. The maximum atomic E-state index is 9.34. The van der Waals surface area contributed by atoms with E-state index in [1.165, 1.54) is 43.3 Å². The van der Waals surface area contributed by atoms with Gasteiger partial charge < -0.3 is 0 Å². The standard InChI is InChI=1S/C17H25N/c1-4-5-6-7-10-15(3)17(13-18)16-11-8-9-14(2)12-16/h12H,3-11H2,1-2H3/b17-16-. The van der Waals surface area contributed by atoms with Gasteiger partial charge in [0.2, 0.25) is 0 Å². The van der Waals surface area contributed by atoms with Crippen molar-refractivity contribution in [3.8, 4) is 6.07 Å². The van der Waals surface area contributed by atoms with Crippen molar-refractivity contribution >= 4 is 0 Å². The predicted molar refractivity (Wildman–Crippen MR) is 78.1 cm³/mol. The lowest BCUT2D eigenvalue weighted by Crippen LogP contribution is -1.98.